The third kappa shape index (κ3) is 3.11. The predicted octanol–water partition coefficient (Wildman–Crippen LogP) is 3.18. The van der Waals surface area contributed by atoms with Crippen LogP contribution in [0.15, 0.2) is 12.3 Å². The Balaban J connectivity index is 2.07. The maximum absolute atomic E-state index is 9.13. The molecule has 0 radical (unpaired) electrons. The van der Waals surface area contributed by atoms with Crippen LogP contribution in [0.1, 0.15) is 38.2 Å². The molecule has 1 heterocycles. The summed E-state index contributed by atoms with van der Waals surface area (Å²) in [4.78, 5) is 4.15. The first-order chi connectivity index (χ1) is 8.20. The van der Waals surface area contributed by atoms with Gasteiger partial charge < -0.3 is 9.84 Å². The summed E-state index contributed by atoms with van der Waals surface area (Å²) in [7, 11) is 0. The van der Waals surface area contributed by atoms with E-state index in [2.05, 4.69) is 11.9 Å². The number of hydrogen-bond donors (Lipinski definition) is 1. The van der Waals surface area contributed by atoms with Crippen LogP contribution in [0.2, 0.25) is 5.02 Å². The molecule has 94 valence electrons. The molecule has 0 amide bonds. The summed E-state index contributed by atoms with van der Waals surface area (Å²) >= 11 is 5.89. The summed E-state index contributed by atoms with van der Waals surface area (Å²) in [5, 5.41) is 9.62. The third-order valence-corrected chi connectivity index (χ3v) is 3.73. The molecule has 1 aromatic rings. The van der Waals surface area contributed by atoms with Gasteiger partial charge in [-0.2, -0.15) is 0 Å². The second-order valence-electron chi connectivity index (χ2n) is 4.69. The van der Waals surface area contributed by atoms with Gasteiger partial charge in [-0.25, -0.2) is 4.98 Å². The number of aromatic nitrogens is 1. The fourth-order valence-corrected chi connectivity index (χ4v) is 2.42. The number of rotatable bonds is 3. The van der Waals surface area contributed by atoms with Crippen molar-refractivity contribution in [3.63, 3.8) is 0 Å². The first kappa shape index (κ1) is 12.7. The van der Waals surface area contributed by atoms with E-state index in [9.17, 15) is 0 Å². The van der Waals surface area contributed by atoms with Crippen LogP contribution in [0.4, 0.5) is 0 Å². The van der Waals surface area contributed by atoms with Crippen molar-refractivity contribution >= 4 is 11.6 Å². The predicted molar refractivity (Wildman–Crippen MR) is 67.2 cm³/mol. The van der Waals surface area contributed by atoms with Crippen LogP contribution in [0, 0.1) is 5.92 Å². The lowest BCUT2D eigenvalue weighted by molar-refractivity contribution is 0.0973. The topological polar surface area (TPSA) is 42.4 Å². The molecular weight excluding hydrogens is 238 g/mol. The van der Waals surface area contributed by atoms with Crippen LogP contribution in [0.5, 0.6) is 5.88 Å². The van der Waals surface area contributed by atoms with E-state index in [0.29, 0.717) is 22.4 Å². The smallest absolute Gasteiger partial charge is 0.213 e. The number of aliphatic hydroxyl groups is 1. The van der Waals surface area contributed by atoms with Crippen LogP contribution < -0.4 is 4.74 Å². The van der Waals surface area contributed by atoms with E-state index in [-0.39, 0.29) is 12.7 Å². The molecule has 1 fully saturated rings. The van der Waals surface area contributed by atoms with Gasteiger partial charge in [-0.1, -0.05) is 24.9 Å². The Morgan fingerprint density at radius 3 is 2.94 bits per heavy atom. The lowest BCUT2D eigenvalue weighted by atomic mass is 9.88. The van der Waals surface area contributed by atoms with E-state index >= 15 is 0 Å². The molecule has 4 heteroatoms. The van der Waals surface area contributed by atoms with Gasteiger partial charge in [0.25, 0.3) is 0 Å². The zero-order chi connectivity index (χ0) is 12.3. The minimum absolute atomic E-state index is 0.0854. The molecule has 0 aromatic carbocycles. The number of halogens is 1. The monoisotopic (exact) mass is 255 g/mol. The van der Waals surface area contributed by atoms with Gasteiger partial charge in [0, 0.05) is 17.8 Å². The van der Waals surface area contributed by atoms with E-state index in [4.69, 9.17) is 21.4 Å². The molecule has 0 bridgehead atoms. The second kappa shape index (κ2) is 5.69. The van der Waals surface area contributed by atoms with E-state index in [1.807, 2.05) is 0 Å². The quantitative estimate of drug-likeness (QED) is 0.902. The molecule has 2 atom stereocenters. The Hall–Kier alpha value is -0.800. The van der Waals surface area contributed by atoms with Crippen molar-refractivity contribution in [1.82, 2.24) is 4.98 Å². The molecule has 2 rings (SSSR count). The summed E-state index contributed by atoms with van der Waals surface area (Å²) in [6.45, 7) is 2.13. The average molecular weight is 256 g/mol. The summed E-state index contributed by atoms with van der Waals surface area (Å²) in [6.07, 6.45) is 6.58. The Bertz CT molecular complexity index is 384. The van der Waals surface area contributed by atoms with E-state index in [0.717, 1.165) is 6.42 Å². The van der Waals surface area contributed by atoms with Gasteiger partial charge in [-0.3, -0.25) is 0 Å². The van der Waals surface area contributed by atoms with Gasteiger partial charge in [0.15, 0.2) is 0 Å². The maximum atomic E-state index is 9.13. The van der Waals surface area contributed by atoms with Gasteiger partial charge in [0.05, 0.1) is 11.6 Å². The summed E-state index contributed by atoms with van der Waals surface area (Å²) in [6, 6.07) is 1.73. The zero-order valence-corrected chi connectivity index (χ0v) is 10.8. The highest BCUT2D eigenvalue weighted by Gasteiger charge is 2.23. The summed E-state index contributed by atoms with van der Waals surface area (Å²) in [5.74, 6) is 1.14. The molecule has 0 spiro atoms. The number of hydrogen-bond acceptors (Lipinski definition) is 3. The maximum Gasteiger partial charge on any atom is 0.213 e. The van der Waals surface area contributed by atoms with Gasteiger partial charge in [-0.15, -0.1) is 0 Å². The number of pyridine rings is 1. The summed E-state index contributed by atoms with van der Waals surface area (Å²) in [5.41, 5.74) is 0.667. The average Bonchev–Trinajstić information content (AvgIpc) is 2.34. The fourth-order valence-electron chi connectivity index (χ4n) is 2.26. The normalized spacial score (nSPS) is 24.6. The van der Waals surface area contributed by atoms with Gasteiger partial charge in [0.1, 0.15) is 6.10 Å². The lowest BCUT2D eigenvalue weighted by Crippen LogP contribution is -2.28. The van der Waals surface area contributed by atoms with Crippen molar-refractivity contribution in [2.24, 2.45) is 5.92 Å². The van der Waals surface area contributed by atoms with Crippen molar-refractivity contribution in [1.29, 1.82) is 0 Å². The Kier molecular flexibility index (Phi) is 4.24. The van der Waals surface area contributed by atoms with Gasteiger partial charge in [-0.05, 0) is 25.2 Å². The molecule has 0 saturated heterocycles. The highest BCUT2D eigenvalue weighted by Crippen LogP contribution is 2.28. The van der Waals surface area contributed by atoms with Gasteiger partial charge in [0.2, 0.25) is 5.88 Å². The van der Waals surface area contributed by atoms with E-state index < -0.39 is 0 Å². The first-order valence-electron chi connectivity index (χ1n) is 6.12. The molecule has 2 unspecified atom stereocenters. The van der Waals surface area contributed by atoms with Crippen LogP contribution in [0.25, 0.3) is 0 Å². The van der Waals surface area contributed by atoms with Crippen LogP contribution in [-0.2, 0) is 6.61 Å². The highest BCUT2D eigenvalue weighted by molar-refractivity contribution is 6.31. The molecule has 1 aliphatic carbocycles. The first-order valence-corrected chi connectivity index (χ1v) is 6.50. The van der Waals surface area contributed by atoms with Crippen molar-refractivity contribution in [3.8, 4) is 5.88 Å². The van der Waals surface area contributed by atoms with Crippen molar-refractivity contribution in [3.05, 3.63) is 22.8 Å². The van der Waals surface area contributed by atoms with Crippen LogP contribution in [-0.4, -0.2) is 16.2 Å². The third-order valence-electron chi connectivity index (χ3n) is 3.38. The van der Waals surface area contributed by atoms with E-state index in [1.54, 1.807) is 6.07 Å². The lowest BCUT2D eigenvalue weighted by Gasteiger charge is -2.28. The standard InChI is InChI=1S/C13H18ClNO2/c1-9-4-2-3-5-12(9)17-13-6-10(8-16)11(14)7-15-13/h6-7,9,12,16H,2-5,8H2,1H3. The highest BCUT2D eigenvalue weighted by atomic mass is 35.5. The number of nitrogens with zero attached hydrogens (tertiary/aromatic N) is 1. The SMILES string of the molecule is CC1CCCCC1Oc1cc(CO)c(Cl)cn1. The minimum Gasteiger partial charge on any atom is -0.474 e. The van der Waals surface area contributed by atoms with E-state index in [1.165, 1.54) is 25.5 Å². The molecular formula is C13H18ClNO2. The van der Waals surface area contributed by atoms with Crippen molar-refractivity contribution < 1.29 is 9.84 Å². The summed E-state index contributed by atoms with van der Waals surface area (Å²) < 4.78 is 5.88. The molecule has 1 N–H and O–H groups in total. The molecule has 0 aliphatic heterocycles. The Morgan fingerprint density at radius 2 is 2.24 bits per heavy atom. The molecule has 1 aliphatic rings. The number of ether oxygens (including phenoxy) is 1. The largest absolute Gasteiger partial charge is 0.474 e. The minimum atomic E-state index is -0.0854. The number of aliphatic hydroxyl groups excluding tert-OH is 1. The molecule has 17 heavy (non-hydrogen) atoms. The Morgan fingerprint density at radius 1 is 1.47 bits per heavy atom. The van der Waals surface area contributed by atoms with Crippen LogP contribution in [0.3, 0.4) is 0 Å². The molecule has 1 saturated carbocycles. The van der Waals surface area contributed by atoms with Crippen molar-refractivity contribution in [2.45, 2.75) is 45.3 Å². The second-order valence-corrected chi connectivity index (χ2v) is 5.10. The van der Waals surface area contributed by atoms with Crippen molar-refractivity contribution in [2.75, 3.05) is 0 Å². The van der Waals surface area contributed by atoms with Gasteiger partial charge >= 0.3 is 0 Å². The molecule has 1 aromatic heterocycles. The Labute approximate surface area is 107 Å². The zero-order valence-electron chi connectivity index (χ0n) is 10.0. The fraction of sp³-hybridized carbons (Fsp3) is 0.615. The molecule has 3 nitrogen and oxygen atoms in total. The van der Waals surface area contributed by atoms with Crippen LogP contribution >= 0.6 is 11.6 Å².